The number of aromatic nitrogens is 5. The maximum Gasteiger partial charge on any atom is 0.291 e. The van der Waals surface area contributed by atoms with Crippen molar-refractivity contribution >= 4 is 22.4 Å². The summed E-state index contributed by atoms with van der Waals surface area (Å²) in [6, 6.07) is 23.0. The largest absolute Gasteiger partial charge is 0.494 e. The van der Waals surface area contributed by atoms with Crippen LogP contribution in [0.4, 0.5) is 0 Å². The molecule has 0 fully saturated rings. The van der Waals surface area contributed by atoms with E-state index in [4.69, 9.17) is 19.3 Å². The summed E-state index contributed by atoms with van der Waals surface area (Å²) in [4.78, 5) is 18.6. The van der Waals surface area contributed by atoms with Gasteiger partial charge >= 0.3 is 0 Å². The number of nitrogens with zero attached hydrogens (tertiary/aromatic N) is 5. The van der Waals surface area contributed by atoms with Gasteiger partial charge < -0.3 is 14.2 Å². The number of thiazole rings is 1. The molecular weight excluding hydrogens is 538 g/mol. The summed E-state index contributed by atoms with van der Waals surface area (Å²) in [7, 11) is 3.19. The molecule has 206 valence electrons. The minimum atomic E-state index is -0.239. The summed E-state index contributed by atoms with van der Waals surface area (Å²) < 4.78 is 20.2. The van der Waals surface area contributed by atoms with E-state index in [0.29, 0.717) is 39.1 Å². The lowest BCUT2D eigenvalue weighted by atomic mass is 10.1. The second-order valence-electron chi connectivity index (χ2n) is 9.20. The van der Waals surface area contributed by atoms with Gasteiger partial charge in [0.1, 0.15) is 11.4 Å². The molecule has 3 heterocycles. The Labute approximate surface area is 239 Å². The van der Waals surface area contributed by atoms with Crippen LogP contribution in [-0.2, 0) is 0 Å². The SMILES string of the molecule is CCCOc1ccc(-c2nc3s/c(=C\c4cn(-c5ccccc5)nc4-c4ccc(OC)c(OC)c4)c(=O)n3n2)cc1. The fourth-order valence-corrected chi connectivity index (χ4v) is 5.33. The van der Waals surface area contributed by atoms with E-state index in [1.165, 1.54) is 15.9 Å². The van der Waals surface area contributed by atoms with E-state index in [-0.39, 0.29) is 5.56 Å². The summed E-state index contributed by atoms with van der Waals surface area (Å²) in [5.41, 5.74) is 3.76. The van der Waals surface area contributed by atoms with Gasteiger partial charge in [-0.2, -0.15) is 14.6 Å². The predicted molar refractivity (Wildman–Crippen MR) is 159 cm³/mol. The van der Waals surface area contributed by atoms with Crippen LogP contribution in [0.2, 0.25) is 0 Å². The van der Waals surface area contributed by atoms with Crippen molar-refractivity contribution in [1.29, 1.82) is 0 Å². The minimum absolute atomic E-state index is 0.239. The van der Waals surface area contributed by atoms with Crippen LogP contribution in [0.1, 0.15) is 18.9 Å². The monoisotopic (exact) mass is 565 g/mol. The van der Waals surface area contributed by atoms with Crippen molar-refractivity contribution in [1.82, 2.24) is 24.4 Å². The number of benzene rings is 3. The van der Waals surface area contributed by atoms with Crippen molar-refractivity contribution in [2.75, 3.05) is 20.8 Å². The van der Waals surface area contributed by atoms with Gasteiger partial charge in [-0.05, 0) is 67.1 Å². The summed E-state index contributed by atoms with van der Waals surface area (Å²) >= 11 is 1.29. The van der Waals surface area contributed by atoms with Crippen LogP contribution in [0.5, 0.6) is 17.2 Å². The third-order valence-electron chi connectivity index (χ3n) is 6.47. The number of hydrogen-bond acceptors (Lipinski definition) is 8. The Morgan fingerprint density at radius 3 is 2.37 bits per heavy atom. The van der Waals surface area contributed by atoms with E-state index in [2.05, 4.69) is 17.0 Å². The van der Waals surface area contributed by atoms with Gasteiger partial charge in [-0.25, -0.2) is 4.68 Å². The molecular formula is C31H27N5O4S. The molecule has 6 aromatic rings. The molecule has 3 aromatic carbocycles. The normalized spacial score (nSPS) is 11.7. The van der Waals surface area contributed by atoms with Crippen molar-refractivity contribution in [3.05, 3.63) is 99.4 Å². The standard InChI is InChI=1S/C31H27N5O4S/c1-4-16-40-24-13-10-20(11-14-24)29-32-31-36(34-29)30(37)27(41-31)18-22-19-35(23-8-6-5-7-9-23)33-28(22)21-12-15-25(38-2)26(17-21)39-3/h5-15,17-19H,4,16H2,1-3H3/b27-18-. The fraction of sp³-hybridized carbons (Fsp3) is 0.161. The predicted octanol–water partition coefficient (Wildman–Crippen LogP) is 5.02. The van der Waals surface area contributed by atoms with Crippen molar-refractivity contribution in [3.8, 4) is 45.6 Å². The lowest BCUT2D eigenvalue weighted by Gasteiger charge is -2.09. The van der Waals surface area contributed by atoms with Crippen LogP contribution in [0.15, 0.2) is 83.8 Å². The molecule has 0 amide bonds. The molecule has 0 aliphatic carbocycles. The number of para-hydroxylation sites is 1. The van der Waals surface area contributed by atoms with Gasteiger partial charge in [-0.1, -0.05) is 36.5 Å². The Morgan fingerprint density at radius 2 is 1.66 bits per heavy atom. The highest BCUT2D eigenvalue weighted by Crippen LogP contribution is 2.33. The highest BCUT2D eigenvalue weighted by Gasteiger charge is 2.16. The van der Waals surface area contributed by atoms with E-state index < -0.39 is 0 Å². The number of ether oxygens (including phenoxy) is 3. The second-order valence-corrected chi connectivity index (χ2v) is 10.2. The first-order valence-electron chi connectivity index (χ1n) is 13.1. The van der Waals surface area contributed by atoms with Crippen LogP contribution in [-0.4, -0.2) is 45.2 Å². The molecule has 9 nitrogen and oxygen atoms in total. The van der Waals surface area contributed by atoms with Crippen LogP contribution >= 0.6 is 11.3 Å². The van der Waals surface area contributed by atoms with Gasteiger partial charge in [0.25, 0.3) is 5.56 Å². The number of hydrogen-bond donors (Lipinski definition) is 0. The molecule has 0 saturated heterocycles. The Balaban J connectivity index is 1.42. The maximum absolute atomic E-state index is 13.4. The highest BCUT2D eigenvalue weighted by molar-refractivity contribution is 7.15. The van der Waals surface area contributed by atoms with Crippen molar-refractivity contribution < 1.29 is 14.2 Å². The first kappa shape index (κ1) is 26.3. The fourth-order valence-electron chi connectivity index (χ4n) is 4.43. The molecule has 0 bridgehead atoms. The Bertz CT molecular complexity index is 1930. The van der Waals surface area contributed by atoms with Crippen LogP contribution in [0, 0.1) is 0 Å². The average Bonchev–Trinajstić information content (AvgIpc) is 3.71. The van der Waals surface area contributed by atoms with Crippen LogP contribution < -0.4 is 24.3 Å². The average molecular weight is 566 g/mol. The number of fused-ring (bicyclic) bond motifs is 1. The molecule has 0 saturated carbocycles. The molecule has 0 unspecified atom stereocenters. The summed E-state index contributed by atoms with van der Waals surface area (Å²) in [6.45, 7) is 2.73. The zero-order valence-corrected chi connectivity index (χ0v) is 23.6. The van der Waals surface area contributed by atoms with Crippen LogP contribution in [0.3, 0.4) is 0 Å². The second kappa shape index (κ2) is 11.3. The molecule has 10 heteroatoms. The third-order valence-corrected chi connectivity index (χ3v) is 7.43. The lowest BCUT2D eigenvalue weighted by molar-refractivity contribution is 0.317. The topological polar surface area (TPSA) is 92.8 Å². The van der Waals surface area contributed by atoms with Gasteiger partial charge in [-0.15, -0.1) is 5.10 Å². The van der Waals surface area contributed by atoms with E-state index in [1.807, 2.05) is 85.1 Å². The zero-order chi connectivity index (χ0) is 28.3. The van der Waals surface area contributed by atoms with Gasteiger partial charge in [-0.3, -0.25) is 4.79 Å². The molecule has 41 heavy (non-hydrogen) atoms. The Hall–Kier alpha value is -4.96. The molecule has 0 spiro atoms. The van der Waals surface area contributed by atoms with Gasteiger partial charge in [0.2, 0.25) is 4.96 Å². The maximum atomic E-state index is 13.4. The van der Waals surface area contributed by atoms with Gasteiger partial charge in [0.05, 0.1) is 31.0 Å². The number of rotatable bonds is 9. The Kier molecular flexibility index (Phi) is 7.22. The molecule has 3 aromatic heterocycles. The summed E-state index contributed by atoms with van der Waals surface area (Å²) in [5.74, 6) is 2.49. The summed E-state index contributed by atoms with van der Waals surface area (Å²) in [5, 5.41) is 9.37. The first-order chi connectivity index (χ1) is 20.1. The molecule has 0 atom stereocenters. The third kappa shape index (κ3) is 5.17. The van der Waals surface area contributed by atoms with Crippen molar-refractivity contribution in [2.45, 2.75) is 13.3 Å². The highest BCUT2D eigenvalue weighted by atomic mass is 32.1. The first-order valence-corrected chi connectivity index (χ1v) is 13.9. The van der Waals surface area contributed by atoms with Gasteiger partial charge in [0, 0.05) is 22.9 Å². The molecule has 0 aliphatic heterocycles. The van der Waals surface area contributed by atoms with E-state index in [9.17, 15) is 4.79 Å². The van der Waals surface area contributed by atoms with Gasteiger partial charge in [0.15, 0.2) is 17.3 Å². The quantitative estimate of drug-likeness (QED) is 0.243. The van der Waals surface area contributed by atoms with E-state index in [1.54, 1.807) is 18.9 Å². The van der Waals surface area contributed by atoms with Crippen LogP contribution in [0.25, 0.3) is 39.4 Å². The molecule has 0 radical (unpaired) electrons. The smallest absolute Gasteiger partial charge is 0.291 e. The zero-order valence-electron chi connectivity index (χ0n) is 22.8. The molecule has 0 aliphatic rings. The van der Waals surface area contributed by atoms with Crippen molar-refractivity contribution in [2.24, 2.45) is 0 Å². The lowest BCUT2D eigenvalue weighted by Crippen LogP contribution is -2.23. The van der Waals surface area contributed by atoms with E-state index in [0.717, 1.165) is 34.5 Å². The Morgan fingerprint density at radius 1 is 0.902 bits per heavy atom. The minimum Gasteiger partial charge on any atom is -0.494 e. The molecule has 6 rings (SSSR count). The van der Waals surface area contributed by atoms with E-state index >= 15 is 0 Å². The van der Waals surface area contributed by atoms with Crippen molar-refractivity contribution in [3.63, 3.8) is 0 Å². The molecule has 0 N–H and O–H groups in total. The summed E-state index contributed by atoms with van der Waals surface area (Å²) in [6.07, 6.45) is 4.68. The number of methoxy groups -OCH3 is 2.